The number of carboxylic acid groups (broad SMARTS) is 1. The molecule has 0 aliphatic heterocycles. The SMILES string of the molecule is CCc1c(-c2ccc(O)cc2)noc1CC(F)C(=O)Nc1cn(CC)cc1C(=O)[O-].[K+]. The maximum Gasteiger partial charge on any atom is 1.00 e. The second-order valence-electron chi connectivity index (χ2n) is 6.70. The van der Waals surface area contributed by atoms with Crippen molar-refractivity contribution >= 4 is 17.6 Å². The summed E-state index contributed by atoms with van der Waals surface area (Å²) in [6.07, 6.45) is 0.890. The van der Waals surface area contributed by atoms with Crippen LogP contribution >= 0.6 is 0 Å². The van der Waals surface area contributed by atoms with Crippen molar-refractivity contribution in [2.45, 2.75) is 39.4 Å². The summed E-state index contributed by atoms with van der Waals surface area (Å²) >= 11 is 0. The van der Waals surface area contributed by atoms with Gasteiger partial charge in [-0.05, 0) is 37.6 Å². The number of nitrogens with one attached hydrogen (secondary N) is 1. The van der Waals surface area contributed by atoms with Gasteiger partial charge in [0.15, 0.2) is 6.17 Å². The summed E-state index contributed by atoms with van der Waals surface area (Å²) in [5.74, 6) is -2.12. The minimum Gasteiger partial charge on any atom is -0.545 e. The van der Waals surface area contributed by atoms with Crippen LogP contribution in [0.25, 0.3) is 11.3 Å². The summed E-state index contributed by atoms with van der Waals surface area (Å²) in [4.78, 5) is 23.5. The van der Waals surface area contributed by atoms with Gasteiger partial charge in [0.2, 0.25) is 0 Å². The first-order valence-electron chi connectivity index (χ1n) is 9.46. The van der Waals surface area contributed by atoms with E-state index in [1.54, 1.807) is 23.6 Å². The van der Waals surface area contributed by atoms with Gasteiger partial charge in [0.1, 0.15) is 17.2 Å². The molecule has 8 nitrogen and oxygen atoms in total. The first-order valence-corrected chi connectivity index (χ1v) is 9.46. The van der Waals surface area contributed by atoms with Gasteiger partial charge < -0.3 is 29.4 Å². The Kier molecular flexibility index (Phi) is 9.01. The number of aromatic nitrogens is 2. The monoisotopic (exact) mass is 453 g/mol. The Balaban J connectivity index is 0.00000341. The number of carboxylic acids is 1. The molecule has 2 N–H and O–H groups in total. The van der Waals surface area contributed by atoms with Crippen LogP contribution in [0.3, 0.4) is 0 Å². The van der Waals surface area contributed by atoms with Crippen LogP contribution in [-0.2, 0) is 24.2 Å². The van der Waals surface area contributed by atoms with E-state index in [0.717, 1.165) is 0 Å². The number of phenols is 1. The zero-order valence-electron chi connectivity index (χ0n) is 17.5. The van der Waals surface area contributed by atoms with Crippen molar-refractivity contribution in [1.82, 2.24) is 9.72 Å². The summed E-state index contributed by atoms with van der Waals surface area (Å²) in [7, 11) is 0. The molecule has 1 atom stereocenters. The summed E-state index contributed by atoms with van der Waals surface area (Å²) in [5.41, 5.74) is 1.62. The van der Waals surface area contributed by atoms with Gasteiger partial charge in [-0.1, -0.05) is 12.1 Å². The first-order chi connectivity index (χ1) is 14.3. The Bertz CT molecular complexity index is 1060. The predicted octanol–water partition coefficient (Wildman–Crippen LogP) is -0.682. The molecule has 0 aliphatic rings. The van der Waals surface area contributed by atoms with E-state index in [0.29, 0.717) is 29.8 Å². The number of benzene rings is 1. The van der Waals surface area contributed by atoms with Gasteiger partial charge in [-0.2, -0.15) is 0 Å². The Morgan fingerprint density at radius 1 is 1.26 bits per heavy atom. The van der Waals surface area contributed by atoms with Crippen molar-refractivity contribution in [2.24, 2.45) is 0 Å². The molecule has 10 heteroatoms. The van der Waals surface area contributed by atoms with Gasteiger partial charge >= 0.3 is 51.4 Å². The van der Waals surface area contributed by atoms with Crippen LogP contribution in [0.4, 0.5) is 10.1 Å². The fourth-order valence-corrected chi connectivity index (χ4v) is 3.13. The molecule has 3 aromatic rings. The van der Waals surface area contributed by atoms with E-state index in [1.165, 1.54) is 24.5 Å². The number of rotatable bonds is 8. The normalized spacial score (nSPS) is 11.6. The number of aryl methyl sites for hydroxylation is 1. The number of hydrogen-bond acceptors (Lipinski definition) is 6. The minimum absolute atomic E-state index is 0. The molecule has 0 bridgehead atoms. The number of aromatic hydroxyl groups is 1. The first kappa shape index (κ1) is 25.3. The summed E-state index contributed by atoms with van der Waals surface area (Å²) in [6, 6.07) is 6.34. The largest absolute Gasteiger partial charge is 1.00 e. The van der Waals surface area contributed by atoms with E-state index in [9.17, 15) is 24.2 Å². The van der Waals surface area contributed by atoms with Crippen LogP contribution in [0.5, 0.6) is 5.75 Å². The van der Waals surface area contributed by atoms with E-state index in [1.807, 2.05) is 6.92 Å². The van der Waals surface area contributed by atoms with Gasteiger partial charge in [0, 0.05) is 42.0 Å². The van der Waals surface area contributed by atoms with Crippen LogP contribution in [0, 0.1) is 0 Å². The molecule has 31 heavy (non-hydrogen) atoms. The Morgan fingerprint density at radius 2 is 1.94 bits per heavy atom. The number of amides is 1. The van der Waals surface area contributed by atoms with Crippen LogP contribution in [-0.4, -0.2) is 32.9 Å². The third-order valence-corrected chi connectivity index (χ3v) is 4.74. The second-order valence-corrected chi connectivity index (χ2v) is 6.70. The average Bonchev–Trinajstić information content (AvgIpc) is 3.32. The van der Waals surface area contributed by atoms with Gasteiger partial charge in [-0.25, -0.2) is 4.39 Å². The number of carbonyl (C=O) groups is 2. The molecule has 0 fully saturated rings. The van der Waals surface area contributed by atoms with Gasteiger partial charge in [-0.3, -0.25) is 4.79 Å². The molecule has 2 aromatic heterocycles. The molecule has 1 aromatic carbocycles. The maximum absolute atomic E-state index is 14.7. The predicted molar refractivity (Wildman–Crippen MR) is 105 cm³/mol. The number of anilines is 1. The van der Waals surface area contributed by atoms with E-state index < -0.39 is 18.0 Å². The number of aromatic carboxylic acids is 1. The van der Waals surface area contributed by atoms with Crippen molar-refractivity contribution in [2.75, 3.05) is 5.32 Å². The van der Waals surface area contributed by atoms with Crippen molar-refractivity contribution in [3.63, 3.8) is 0 Å². The van der Waals surface area contributed by atoms with Crippen LogP contribution < -0.4 is 61.8 Å². The second kappa shape index (κ2) is 11.1. The Morgan fingerprint density at radius 3 is 2.52 bits per heavy atom. The molecule has 0 saturated heterocycles. The number of halogens is 1. The molecule has 0 spiro atoms. The third-order valence-electron chi connectivity index (χ3n) is 4.74. The van der Waals surface area contributed by atoms with E-state index in [4.69, 9.17) is 4.52 Å². The summed E-state index contributed by atoms with van der Waals surface area (Å²) in [6.45, 7) is 4.13. The number of nitrogens with zero attached hydrogens (tertiary/aromatic N) is 2. The summed E-state index contributed by atoms with van der Waals surface area (Å²) in [5, 5.41) is 26.9. The fourth-order valence-electron chi connectivity index (χ4n) is 3.13. The smallest absolute Gasteiger partial charge is 0.545 e. The fraction of sp³-hybridized carbons (Fsp3) is 0.286. The zero-order valence-corrected chi connectivity index (χ0v) is 20.6. The van der Waals surface area contributed by atoms with Gasteiger partial charge in [0.05, 0.1) is 11.7 Å². The molecule has 1 unspecified atom stereocenters. The quantitative estimate of drug-likeness (QED) is 0.436. The minimum atomic E-state index is -1.98. The van der Waals surface area contributed by atoms with E-state index in [2.05, 4.69) is 10.5 Å². The van der Waals surface area contributed by atoms with Crippen LogP contribution in [0.2, 0.25) is 0 Å². The van der Waals surface area contributed by atoms with Gasteiger partial charge in [0.25, 0.3) is 5.91 Å². The molecule has 158 valence electrons. The Hall–Kier alpha value is -1.98. The molecule has 0 radical (unpaired) electrons. The number of alkyl halides is 1. The van der Waals surface area contributed by atoms with E-state index >= 15 is 0 Å². The van der Waals surface area contributed by atoms with Crippen LogP contribution in [0.1, 0.15) is 35.5 Å². The zero-order chi connectivity index (χ0) is 21.8. The molecule has 0 aliphatic carbocycles. The van der Waals surface area contributed by atoms with Crippen molar-refractivity contribution in [3.05, 3.63) is 53.5 Å². The average molecular weight is 454 g/mol. The molecule has 0 saturated carbocycles. The van der Waals surface area contributed by atoms with E-state index in [-0.39, 0.29) is 80.6 Å². The topological polar surface area (TPSA) is 120 Å². The van der Waals surface area contributed by atoms with Gasteiger partial charge in [-0.15, -0.1) is 0 Å². The number of carbonyl (C=O) groups excluding carboxylic acids is 2. The number of phenolic OH excluding ortho intramolecular Hbond substituents is 1. The standard InChI is InChI=1S/C21H22FN3O5.K/c1-3-14-18(30-24-19(14)12-5-7-13(26)8-6-12)9-16(22)20(27)23-17-11-25(4-2)10-15(17)21(28)29;/h5-8,10-11,16,26H,3-4,9H2,1-2H3,(H,23,27)(H,28,29);/q;+1/p-1. The van der Waals surface area contributed by atoms with Crippen molar-refractivity contribution < 1.29 is 80.1 Å². The van der Waals surface area contributed by atoms with Crippen molar-refractivity contribution in [3.8, 4) is 17.0 Å². The molecular weight excluding hydrogens is 432 g/mol. The Labute approximate surface area is 220 Å². The number of hydrogen-bond donors (Lipinski definition) is 2. The molecular formula is C21H21FKN3O5. The summed E-state index contributed by atoms with van der Waals surface area (Å²) < 4.78 is 21.5. The van der Waals surface area contributed by atoms with Crippen LogP contribution in [0.15, 0.2) is 41.2 Å². The van der Waals surface area contributed by atoms with Crippen molar-refractivity contribution in [1.29, 1.82) is 0 Å². The maximum atomic E-state index is 14.7. The molecule has 3 rings (SSSR count). The molecule has 2 heterocycles. The third kappa shape index (κ3) is 5.83. The molecule has 1 amide bonds.